The third kappa shape index (κ3) is 3.82. The van der Waals surface area contributed by atoms with Crippen molar-refractivity contribution in [2.45, 2.75) is 26.7 Å². The maximum absolute atomic E-state index is 4.42. The van der Waals surface area contributed by atoms with Crippen molar-refractivity contribution in [1.82, 2.24) is 0 Å². The van der Waals surface area contributed by atoms with Gasteiger partial charge in [0.1, 0.15) is 0 Å². The first kappa shape index (κ1) is 19.0. The van der Waals surface area contributed by atoms with Crippen LogP contribution in [0.15, 0.2) is 114 Å². The van der Waals surface area contributed by atoms with Crippen molar-refractivity contribution in [3.8, 4) is 0 Å². The minimum atomic E-state index is 0.889. The van der Waals surface area contributed by atoms with Gasteiger partial charge in [0.05, 0.1) is 0 Å². The van der Waals surface area contributed by atoms with Gasteiger partial charge in [-0.2, -0.15) is 0 Å². The molecule has 0 amide bonds. The van der Waals surface area contributed by atoms with Gasteiger partial charge in [0, 0.05) is 28.1 Å². The van der Waals surface area contributed by atoms with E-state index in [1.165, 1.54) is 33.4 Å². The van der Waals surface area contributed by atoms with Crippen LogP contribution in [0.4, 0.5) is 5.69 Å². The molecule has 2 aromatic rings. The molecule has 1 nitrogen and oxygen atoms in total. The van der Waals surface area contributed by atoms with Crippen molar-refractivity contribution < 1.29 is 0 Å². The van der Waals surface area contributed by atoms with E-state index in [-0.39, 0.29) is 0 Å². The van der Waals surface area contributed by atoms with Crippen LogP contribution in [-0.4, -0.2) is 0 Å². The molecule has 0 fully saturated rings. The minimum absolute atomic E-state index is 0.889. The van der Waals surface area contributed by atoms with Crippen LogP contribution in [0.3, 0.4) is 0 Å². The van der Waals surface area contributed by atoms with Gasteiger partial charge < -0.3 is 5.32 Å². The number of hydrogen-bond donors (Lipinski definition) is 1. The average Bonchev–Trinajstić information content (AvgIpc) is 2.73. The summed E-state index contributed by atoms with van der Waals surface area (Å²) >= 11 is 0. The van der Waals surface area contributed by atoms with Gasteiger partial charge in [0.25, 0.3) is 0 Å². The lowest BCUT2D eigenvalue weighted by molar-refractivity contribution is 1.00. The van der Waals surface area contributed by atoms with Crippen LogP contribution >= 0.6 is 0 Å². The molecule has 0 unspecified atom stereocenters. The molecule has 29 heavy (non-hydrogen) atoms. The summed E-state index contributed by atoms with van der Waals surface area (Å²) in [5, 5.41) is 3.49. The van der Waals surface area contributed by atoms with E-state index < -0.39 is 0 Å². The highest BCUT2D eigenvalue weighted by Crippen LogP contribution is 2.42. The Hall–Kier alpha value is -3.32. The zero-order valence-electron chi connectivity index (χ0n) is 17.3. The van der Waals surface area contributed by atoms with Crippen LogP contribution in [0, 0.1) is 6.92 Å². The van der Waals surface area contributed by atoms with Crippen LogP contribution in [-0.2, 0) is 0 Å². The second-order valence-electron chi connectivity index (χ2n) is 7.75. The molecule has 144 valence electrons. The number of nitrogens with one attached hydrogen (secondary N) is 1. The molecular formula is C28H27N. The Morgan fingerprint density at radius 1 is 1.00 bits per heavy atom. The molecule has 0 radical (unpaired) electrons. The molecule has 0 atom stereocenters. The zero-order valence-corrected chi connectivity index (χ0v) is 17.3. The van der Waals surface area contributed by atoms with E-state index in [4.69, 9.17) is 0 Å². The van der Waals surface area contributed by atoms with Crippen LogP contribution in [0.2, 0.25) is 0 Å². The zero-order chi connectivity index (χ0) is 20.4. The monoisotopic (exact) mass is 377 g/mol. The molecule has 0 saturated carbocycles. The standard InChI is InChI=1S/C28H27N/c1-19-14-17-26-25(18-19)28(24-12-6-5-7-13-24)27(22(4)29-26)21(3)15-16-23-11-9-8-10-20(23)2/h5-7,10-18,29H,3-4,8-9H2,1-2H3/b16-15+. The molecule has 0 aromatic heterocycles. The fraction of sp³-hybridized carbons (Fsp3) is 0.143. The topological polar surface area (TPSA) is 12.0 Å². The van der Waals surface area contributed by atoms with Crippen molar-refractivity contribution in [2.75, 3.05) is 5.32 Å². The maximum atomic E-state index is 4.42. The SMILES string of the molecule is C=C(/C=C/C1=CCCC=C1C)C1=C(c2ccccc2)c2cc(C)ccc2NC1=C. The van der Waals surface area contributed by atoms with E-state index in [1.807, 2.05) is 0 Å². The van der Waals surface area contributed by atoms with E-state index in [9.17, 15) is 0 Å². The molecular weight excluding hydrogens is 350 g/mol. The summed E-state index contributed by atoms with van der Waals surface area (Å²) in [7, 11) is 0. The van der Waals surface area contributed by atoms with Crippen molar-refractivity contribution in [3.05, 3.63) is 131 Å². The Balaban J connectivity index is 1.84. The number of rotatable bonds is 4. The van der Waals surface area contributed by atoms with Gasteiger partial charge in [-0.1, -0.05) is 79.4 Å². The molecule has 4 rings (SSSR count). The lowest BCUT2D eigenvalue weighted by Crippen LogP contribution is -2.13. The van der Waals surface area contributed by atoms with Crippen LogP contribution in [0.5, 0.6) is 0 Å². The van der Waals surface area contributed by atoms with E-state index in [0.717, 1.165) is 35.4 Å². The summed E-state index contributed by atoms with van der Waals surface area (Å²) in [6.07, 6.45) is 11.1. The fourth-order valence-electron chi connectivity index (χ4n) is 4.03. The molecule has 0 spiro atoms. The lowest BCUT2D eigenvalue weighted by Gasteiger charge is -2.28. The summed E-state index contributed by atoms with van der Waals surface area (Å²) in [6, 6.07) is 17.0. The summed E-state index contributed by atoms with van der Waals surface area (Å²) in [6.45, 7) is 13.1. The highest BCUT2D eigenvalue weighted by Gasteiger charge is 2.23. The lowest BCUT2D eigenvalue weighted by atomic mass is 9.84. The fourth-order valence-corrected chi connectivity index (χ4v) is 4.03. The molecule has 1 N–H and O–H groups in total. The Morgan fingerprint density at radius 2 is 1.76 bits per heavy atom. The van der Waals surface area contributed by atoms with Gasteiger partial charge in [-0.3, -0.25) is 0 Å². The molecule has 1 heteroatoms. The number of benzene rings is 2. The third-order valence-electron chi connectivity index (χ3n) is 5.57. The molecule has 0 saturated heterocycles. The summed E-state index contributed by atoms with van der Waals surface area (Å²) in [5.74, 6) is 0. The molecule has 2 aliphatic rings. The third-order valence-corrected chi connectivity index (χ3v) is 5.57. The van der Waals surface area contributed by atoms with Gasteiger partial charge >= 0.3 is 0 Å². The molecule has 0 bridgehead atoms. The quantitative estimate of drug-likeness (QED) is 0.543. The van der Waals surface area contributed by atoms with Crippen molar-refractivity contribution in [3.63, 3.8) is 0 Å². The number of allylic oxidation sites excluding steroid dienone is 7. The smallest absolute Gasteiger partial charge is 0.0464 e. The Labute approximate surface area is 174 Å². The van der Waals surface area contributed by atoms with Gasteiger partial charge in [-0.15, -0.1) is 0 Å². The molecule has 1 heterocycles. The van der Waals surface area contributed by atoms with Gasteiger partial charge in [-0.25, -0.2) is 0 Å². The normalized spacial score (nSPS) is 16.3. The van der Waals surface area contributed by atoms with Gasteiger partial charge in [0.2, 0.25) is 0 Å². The predicted octanol–water partition coefficient (Wildman–Crippen LogP) is 7.52. The highest BCUT2D eigenvalue weighted by molar-refractivity contribution is 5.96. The second-order valence-corrected chi connectivity index (χ2v) is 7.75. The van der Waals surface area contributed by atoms with Gasteiger partial charge in [0.15, 0.2) is 0 Å². The molecule has 1 aliphatic carbocycles. The van der Waals surface area contributed by atoms with Crippen LogP contribution in [0.1, 0.15) is 36.5 Å². The van der Waals surface area contributed by atoms with Crippen LogP contribution < -0.4 is 5.32 Å². The molecule has 1 aliphatic heterocycles. The summed E-state index contributed by atoms with van der Waals surface area (Å²) in [4.78, 5) is 0. The second kappa shape index (κ2) is 7.97. The average molecular weight is 378 g/mol. The highest BCUT2D eigenvalue weighted by atomic mass is 14.9. The summed E-state index contributed by atoms with van der Waals surface area (Å²) < 4.78 is 0. The first-order valence-electron chi connectivity index (χ1n) is 10.2. The van der Waals surface area contributed by atoms with Crippen molar-refractivity contribution in [1.29, 1.82) is 0 Å². The molecule has 2 aromatic carbocycles. The number of fused-ring (bicyclic) bond motifs is 1. The van der Waals surface area contributed by atoms with E-state index in [1.54, 1.807) is 0 Å². The Morgan fingerprint density at radius 3 is 2.52 bits per heavy atom. The van der Waals surface area contributed by atoms with Crippen molar-refractivity contribution in [2.24, 2.45) is 0 Å². The largest absolute Gasteiger partial charge is 0.355 e. The summed E-state index contributed by atoms with van der Waals surface area (Å²) in [5.41, 5.74) is 11.4. The first-order valence-corrected chi connectivity index (χ1v) is 10.2. The maximum Gasteiger partial charge on any atom is 0.0464 e. The Bertz CT molecular complexity index is 1100. The number of hydrogen-bond acceptors (Lipinski definition) is 1. The number of aryl methyl sites for hydroxylation is 1. The van der Waals surface area contributed by atoms with E-state index in [2.05, 4.69) is 105 Å². The van der Waals surface area contributed by atoms with Gasteiger partial charge in [-0.05, 0) is 61.1 Å². The van der Waals surface area contributed by atoms with E-state index in [0.29, 0.717) is 0 Å². The van der Waals surface area contributed by atoms with Crippen molar-refractivity contribution >= 4 is 11.3 Å². The minimum Gasteiger partial charge on any atom is -0.355 e. The van der Waals surface area contributed by atoms with Crippen LogP contribution in [0.25, 0.3) is 5.57 Å². The first-order chi connectivity index (χ1) is 14.0. The Kier molecular flexibility index (Phi) is 5.22. The number of anilines is 1. The van der Waals surface area contributed by atoms with E-state index >= 15 is 0 Å². The predicted molar refractivity (Wildman–Crippen MR) is 126 cm³/mol.